The summed E-state index contributed by atoms with van der Waals surface area (Å²) in [6.07, 6.45) is 0. The molecule has 6 rings (SSSR count). The van der Waals surface area contributed by atoms with Gasteiger partial charge in [-0.2, -0.15) is 5.10 Å². The molecule has 0 bridgehead atoms. The first kappa shape index (κ1) is 23.1. The van der Waals surface area contributed by atoms with Crippen molar-refractivity contribution in [2.45, 2.75) is 13.0 Å². The minimum atomic E-state index is -0.497. The Morgan fingerprint density at radius 2 is 1.76 bits per heavy atom. The van der Waals surface area contributed by atoms with E-state index >= 15 is 0 Å². The molecule has 1 aromatic heterocycles. The minimum absolute atomic E-state index is 0.0455. The number of carbonyl (C=O) groups is 2. The van der Waals surface area contributed by atoms with Crippen LogP contribution in [0.1, 0.15) is 33.2 Å². The molecular formula is C27H20N6O5. The molecule has 0 spiro atoms. The lowest BCUT2D eigenvalue weighted by atomic mass is 9.92. The van der Waals surface area contributed by atoms with Gasteiger partial charge >= 0.3 is 5.97 Å². The van der Waals surface area contributed by atoms with Crippen LogP contribution in [0, 0.1) is 17.0 Å². The highest BCUT2D eigenvalue weighted by Gasteiger charge is 2.42. The topological polar surface area (TPSA) is 132 Å². The van der Waals surface area contributed by atoms with Gasteiger partial charge in [0.15, 0.2) is 5.82 Å². The molecule has 4 aromatic rings. The number of aromatic nitrogens is 2. The van der Waals surface area contributed by atoms with Crippen molar-refractivity contribution in [1.29, 1.82) is 0 Å². The number of nitrogens with zero attached hydrogens (tertiary/aromatic N) is 5. The summed E-state index contributed by atoms with van der Waals surface area (Å²) < 4.78 is 6.43. The Bertz CT molecular complexity index is 1660. The summed E-state index contributed by atoms with van der Waals surface area (Å²) in [5.74, 6) is -0.201. The highest BCUT2D eigenvalue weighted by molar-refractivity contribution is 6.50. The van der Waals surface area contributed by atoms with Crippen LogP contribution in [-0.2, 0) is 9.53 Å². The van der Waals surface area contributed by atoms with E-state index in [2.05, 4.69) is 5.32 Å². The van der Waals surface area contributed by atoms with Crippen molar-refractivity contribution < 1.29 is 19.2 Å². The zero-order valence-electron chi connectivity index (χ0n) is 20.3. The van der Waals surface area contributed by atoms with Crippen LogP contribution in [0.3, 0.4) is 0 Å². The number of ether oxygens (including phenoxy) is 1. The number of benzene rings is 3. The van der Waals surface area contributed by atoms with Gasteiger partial charge < -0.3 is 15.0 Å². The maximum Gasteiger partial charge on any atom is 0.337 e. The monoisotopic (exact) mass is 508 g/mol. The number of non-ortho nitro benzene ring substituents is 1. The number of nitro benzene ring substituents is 1. The van der Waals surface area contributed by atoms with E-state index in [1.54, 1.807) is 28.9 Å². The lowest BCUT2D eigenvalue weighted by molar-refractivity contribution is -0.384. The molecule has 0 fully saturated rings. The van der Waals surface area contributed by atoms with Crippen LogP contribution in [-0.4, -0.2) is 39.5 Å². The number of aryl methyl sites for hydroxylation is 1. The second-order valence-corrected chi connectivity index (χ2v) is 8.80. The van der Waals surface area contributed by atoms with E-state index in [1.165, 1.54) is 19.2 Å². The number of rotatable bonds is 4. The quantitative estimate of drug-likeness (QED) is 0.244. The van der Waals surface area contributed by atoms with Crippen LogP contribution in [0.5, 0.6) is 0 Å². The first-order chi connectivity index (χ1) is 18.4. The van der Waals surface area contributed by atoms with Crippen molar-refractivity contribution in [1.82, 2.24) is 9.78 Å². The molecule has 11 heteroatoms. The molecule has 3 heterocycles. The van der Waals surface area contributed by atoms with Gasteiger partial charge in [0.1, 0.15) is 0 Å². The summed E-state index contributed by atoms with van der Waals surface area (Å²) in [5, 5.41) is 18.8. The SMILES string of the molecule is COC(=O)c1ccc([C@H]2c3c(C)nn(-c4ccc([N+](=O)[O-])cc4)c3N=C3C(=O)Nc4ccccc4N32)cc1. The van der Waals surface area contributed by atoms with Gasteiger partial charge in [-0.3, -0.25) is 14.9 Å². The first-order valence-electron chi connectivity index (χ1n) is 11.7. The summed E-state index contributed by atoms with van der Waals surface area (Å²) >= 11 is 0. The third kappa shape index (κ3) is 3.52. The zero-order valence-corrected chi connectivity index (χ0v) is 20.3. The number of esters is 1. The van der Waals surface area contributed by atoms with Gasteiger partial charge in [-0.25, -0.2) is 14.5 Å². The van der Waals surface area contributed by atoms with Gasteiger partial charge in [0.25, 0.3) is 11.6 Å². The number of fused-ring (bicyclic) bond motifs is 4. The average molecular weight is 508 g/mol. The predicted octanol–water partition coefficient (Wildman–Crippen LogP) is 4.47. The summed E-state index contributed by atoms with van der Waals surface area (Å²) in [6.45, 7) is 1.85. The summed E-state index contributed by atoms with van der Waals surface area (Å²) in [7, 11) is 1.33. The first-order valence-corrected chi connectivity index (χ1v) is 11.7. The molecule has 38 heavy (non-hydrogen) atoms. The maximum absolute atomic E-state index is 13.3. The minimum Gasteiger partial charge on any atom is -0.465 e. The number of methoxy groups -OCH3 is 1. The van der Waals surface area contributed by atoms with Crippen molar-refractivity contribution in [3.8, 4) is 5.69 Å². The van der Waals surface area contributed by atoms with Crippen molar-refractivity contribution in [3.05, 3.63) is 105 Å². The number of hydrogen-bond acceptors (Lipinski definition) is 8. The average Bonchev–Trinajstić information content (AvgIpc) is 3.27. The fourth-order valence-corrected chi connectivity index (χ4v) is 4.87. The number of para-hydroxylation sites is 2. The normalized spacial score (nSPS) is 15.5. The molecule has 1 N–H and O–H groups in total. The number of nitro groups is 1. The van der Waals surface area contributed by atoms with E-state index in [-0.39, 0.29) is 17.4 Å². The zero-order chi connectivity index (χ0) is 26.6. The molecule has 1 atom stereocenters. The Labute approximate surface area is 216 Å². The van der Waals surface area contributed by atoms with Crippen molar-refractivity contribution in [3.63, 3.8) is 0 Å². The lowest BCUT2D eigenvalue weighted by Crippen LogP contribution is -2.48. The van der Waals surface area contributed by atoms with E-state index in [0.29, 0.717) is 28.5 Å². The van der Waals surface area contributed by atoms with Gasteiger partial charge in [-0.15, -0.1) is 0 Å². The molecule has 0 unspecified atom stereocenters. The predicted molar refractivity (Wildman–Crippen MR) is 139 cm³/mol. The highest BCUT2D eigenvalue weighted by atomic mass is 16.6. The van der Waals surface area contributed by atoms with Gasteiger partial charge in [0.05, 0.1) is 46.4 Å². The molecule has 2 aliphatic heterocycles. The molecule has 3 aromatic carbocycles. The van der Waals surface area contributed by atoms with E-state index in [0.717, 1.165) is 16.8 Å². The number of amidine groups is 1. The van der Waals surface area contributed by atoms with E-state index in [1.807, 2.05) is 48.2 Å². The van der Waals surface area contributed by atoms with Gasteiger partial charge in [0, 0.05) is 17.7 Å². The van der Waals surface area contributed by atoms with Crippen molar-refractivity contribution in [2.24, 2.45) is 4.99 Å². The van der Waals surface area contributed by atoms with Crippen LogP contribution in [0.15, 0.2) is 77.8 Å². The molecule has 188 valence electrons. The molecule has 1 amide bonds. The van der Waals surface area contributed by atoms with Crippen LogP contribution in [0.25, 0.3) is 5.69 Å². The van der Waals surface area contributed by atoms with E-state index in [9.17, 15) is 19.7 Å². The summed E-state index contributed by atoms with van der Waals surface area (Å²) in [5.41, 5.74) is 4.58. The molecule has 0 saturated carbocycles. The fourth-order valence-electron chi connectivity index (χ4n) is 4.87. The second kappa shape index (κ2) is 8.66. The highest BCUT2D eigenvalue weighted by Crippen LogP contribution is 2.47. The number of nitrogens with one attached hydrogen (secondary N) is 1. The Morgan fingerprint density at radius 3 is 2.45 bits per heavy atom. The van der Waals surface area contributed by atoms with E-state index < -0.39 is 16.9 Å². The maximum atomic E-state index is 13.3. The molecule has 0 saturated heterocycles. The summed E-state index contributed by atoms with van der Waals surface area (Å²) in [6, 6.07) is 19.9. The molecular weight excluding hydrogens is 488 g/mol. The van der Waals surface area contributed by atoms with Crippen LogP contribution in [0.2, 0.25) is 0 Å². The van der Waals surface area contributed by atoms with Gasteiger partial charge in [0.2, 0.25) is 5.84 Å². The third-order valence-corrected chi connectivity index (χ3v) is 6.62. The standard InChI is InChI=1S/C27H20N6O5/c1-15-22-23(16-7-9-17(10-8-16)27(35)38-2)31-21-6-4-3-5-20(21)28-26(34)25(31)29-24(22)32(30-15)18-11-13-19(14-12-18)33(36)37/h3-14,23H,1-2H3,(H,28,34)/t23-/m0/s1. The number of amides is 1. The van der Waals surface area contributed by atoms with Gasteiger partial charge in [-0.05, 0) is 48.9 Å². The van der Waals surface area contributed by atoms with Crippen LogP contribution < -0.4 is 10.2 Å². The molecule has 0 aliphatic carbocycles. The Balaban J connectivity index is 1.58. The number of anilines is 2. The molecule has 0 radical (unpaired) electrons. The number of aliphatic imine (C=N–C) groups is 1. The number of hydrogen-bond donors (Lipinski definition) is 1. The van der Waals surface area contributed by atoms with Crippen LogP contribution >= 0.6 is 0 Å². The second-order valence-electron chi connectivity index (χ2n) is 8.80. The number of carbonyl (C=O) groups excluding carboxylic acids is 2. The van der Waals surface area contributed by atoms with Crippen molar-refractivity contribution >= 4 is 40.6 Å². The van der Waals surface area contributed by atoms with Crippen LogP contribution in [0.4, 0.5) is 22.9 Å². The third-order valence-electron chi connectivity index (χ3n) is 6.62. The molecule has 11 nitrogen and oxygen atoms in total. The largest absolute Gasteiger partial charge is 0.465 e. The molecule has 2 aliphatic rings. The smallest absolute Gasteiger partial charge is 0.337 e. The van der Waals surface area contributed by atoms with Crippen molar-refractivity contribution in [2.75, 3.05) is 17.3 Å². The Morgan fingerprint density at radius 1 is 1.05 bits per heavy atom. The Hall–Kier alpha value is -5.32. The van der Waals surface area contributed by atoms with Gasteiger partial charge in [-0.1, -0.05) is 24.3 Å². The lowest BCUT2D eigenvalue weighted by Gasteiger charge is -2.40. The fraction of sp³-hybridized carbons (Fsp3) is 0.111. The Kier molecular flexibility index (Phi) is 5.26. The summed E-state index contributed by atoms with van der Waals surface area (Å²) in [4.78, 5) is 42.7. The van der Waals surface area contributed by atoms with E-state index in [4.69, 9.17) is 14.8 Å².